The predicted molar refractivity (Wildman–Crippen MR) is 125 cm³/mol. The van der Waals surface area contributed by atoms with Gasteiger partial charge in [-0.25, -0.2) is 14.4 Å². The Morgan fingerprint density at radius 1 is 1.03 bits per heavy atom. The molecule has 5 rings (SSSR count). The molecule has 3 aromatic rings. The van der Waals surface area contributed by atoms with Gasteiger partial charge in [-0.15, -0.1) is 0 Å². The molecule has 0 radical (unpaired) electrons. The van der Waals surface area contributed by atoms with Crippen LogP contribution < -0.4 is 5.32 Å². The number of aromatic nitrogens is 2. The van der Waals surface area contributed by atoms with Gasteiger partial charge < -0.3 is 10.2 Å². The molecule has 0 aliphatic carbocycles. The molecular weight excluding hydrogens is 401 g/mol. The van der Waals surface area contributed by atoms with Crippen molar-refractivity contribution in [2.24, 2.45) is 4.99 Å². The van der Waals surface area contributed by atoms with E-state index in [1.54, 1.807) is 18.3 Å². The average Bonchev–Trinajstić information content (AvgIpc) is 3.19. The maximum absolute atomic E-state index is 13.6. The van der Waals surface area contributed by atoms with E-state index >= 15 is 0 Å². The zero-order valence-electron chi connectivity index (χ0n) is 18.0. The van der Waals surface area contributed by atoms with E-state index in [1.807, 2.05) is 37.4 Å². The van der Waals surface area contributed by atoms with Crippen molar-refractivity contribution in [1.29, 1.82) is 0 Å². The molecule has 0 fully saturated rings. The first-order valence-corrected chi connectivity index (χ1v) is 10.7. The summed E-state index contributed by atoms with van der Waals surface area (Å²) in [6.45, 7) is 4.14. The number of hydrogen-bond acceptors (Lipinski definition) is 5. The molecule has 1 N–H and O–H groups in total. The summed E-state index contributed by atoms with van der Waals surface area (Å²) in [7, 11) is 0. The Bertz CT molecular complexity index is 1200. The van der Waals surface area contributed by atoms with Crippen LogP contribution in [0, 0.1) is 5.82 Å². The fourth-order valence-electron chi connectivity index (χ4n) is 4.15. The fourth-order valence-corrected chi connectivity index (χ4v) is 4.15. The molecule has 0 spiro atoms. The molecule has 0 amide bonds. The van der Waals surface area contributed by atoms with Gasteiger partial charge in [0.1, 0.15) is 23.7 Å². The second kappa shape index (κ2) is 8.38. The summed E-state index contributed by atoms with van der Waals surface area (Å²) in [5.41, 5.74) is 4.11. The van der Waals surface area contributed by atoms with Crippen LogP contribution in [0.15, 0.2) is 95.8 Å². The standard InChI is InChI=1S/C26H24FN5/c1-17-13-15-32-23(16-17)31-24(20-8-10-21(27)11-9-20)25(32)22-12-14-28-26(30-22)29-18(2)19-6-4-3-5-7-19/h3-16,18,24-25H,1-2H3,(H,28,29,30)/t18-,24?,25?/m0/s1. The van der Waals surface area contributed by atoms with E-state index in [2.05, 4.69) is 46.4 Å². The van der Waals surface area contributed by atoms with Crippen molar-refractivity contribution < 1.29 is 4.39 Å². The van der Waals surface area contributed by atoms with Crippen LogP contribution in [0.2, 0.25) is 0 Å². The highest BCUT2D eigenvalue weighted by atomic mass is 19.1. The monoisotopic (exact) mass is 425 g/mol. The summed E-state index contributed by atoms with van der Waals surface area (Å²) in [4.78, 5) is 16.4. The number of hydrogen-bond donors (Lipinski definition) is 1. The van der Waals surface area contributed by atoms with Gasteiger partial charge in [0.05, 0.1) is 11.7 Å². The summed E-state index contributed by atoms with van der Waals surface area (Å²) >= 11 is 0. The van der Waals surface area contributed by atoms with Gasteiger partial charge in [-0.2, -0.15) is 0 Å². The first-order valence-electron chi connectivity index (χ1n) is 10.7. The van der Waals surface area contributed by atoms with E-state index in [4.69, 9.17) is 9.98 Å². The largest absolute Gasteiger partial charge is 0.348 e. The highest BCUT2D eigenvalue weighted by Crippen LogP contribution is 2.43. The number of nitrogens with one attached hydrogen (secondary N) is 1. The lowest BCUT2D eigenvalue weighted by Crippen LogP contribution is -2.28. The number of benzene rings is 2. The van der Waals surface area contributed by atoms with Crippen molar-refractivity contribution >= 4 is 11.8 Å². The van der Waals surface area contributed by atoms with Crippen LogP contribution in [0.4, 0.5) is 10.3 Å². The number of aliphatic imine (C=N–C) groups is 1. The summed E-state index contributed by atoms with van der Waals surface area (Å²) in [6.07, 6.45) is 7.95. The number of halogens is 1. The summed E-state index contributed by atoms with van der Waals surface area (Å²) in [5, 5.41) is 3.41. The van der Waals surface area contributed by atoms with Gasteiger partial charge in [-0.1, -0.05) is 42.5 Å². The van der Waals surface area contributed by atoms with Gasteiger partial charge in [0, 0.05) is 12.4 Å². The minimum absolute atomic E-state index is 0.0650. The van der Waals surface area contributed by atoms with Gasteiger partial charge in [0.15, 0.2) is 0 Å². The average molecular weight is 426 g/mol. The Labute approximate surface area is 187 Å². The van der Waals surface area contributed by atoms with Gasteiger partial charge in [0.25, 0.3) is 0 Å². The number of anilines is 1. The Morgan fingerprint density at radius 3 is 2.59 bits per heavy atom. The normalized spacial score (nSPS) is 20.4. The van der Waals surface area contributed by atoms with Crippen LogP contribution in [0.5, 0.6) is 0 Å². The second-order valence-corrected chi connectivity index (χ2v) is 8.12. The number of amidine groups is 1. The second-order valence-electron chi connectivity index (χ2n) is 8.12. The number of fused-ring (bicyclic) bond motifs is 1. The lowest BCUT2D eigenvalue weighted by atomic mass is 9.97. The molecule has 2 aliphatic heterocycles. The predicted octanol–water partition coefficient (Wildman–Crippen LogP) is 5.76. The molecule has 0 saturated carbocycles. The highest BCUT2D eigenvalue weighted by molar-refractivity contribution is 5.97. The third-order valence-electron chi connectivity index (χ3n) is 5.83. The van der Waals surface area contributed by atoms with Crippen LogP contribution in [0.25, 0.3) is 0 Å². The summed E-state index contributed by atoms with van der Waals surface area (Å²) in [5.74, 6) is 1.20. The fraction of sp³-hybridized carbons (Fsp3) is 0.192. The van der Waals surface area contributed by atoms with Crippen molar-refractivity contribution in [1.82, 2.24) is 14.9 Å². The van der Waals surface area contributed by atoms with Gasteiger partial charge in [-0.05, 0) is 60.9 Å². The summed E-state index contributed by atoms with van der Waals surface area (Å²) < 4.78 is 13.6. The zero-order chi connectivity index (χ0) is 22.1. The van der Waals surface area contributed by atoms with E-state index in [9.17, 15) is 4.39 Å². The van der Waals surface area contributed by atoms with Crippen molar-refractivity contribution in [3.05, 3.63) is 113 Å². The maximum Gasteiger partial charge on any atom is 0.223 e. The Kier molecular flexibility index (Phi) is 5.27. The third kappa shape index (κ3) is 3.91. The molecule has 0 bridgehead atoms. The number of rotatable bonds is 5. The Hall–Kier alpha value is -3.80. The van der Waals surface area contributed by atoms with Crippen molar-refractivity contribution in [2.45, 2.75) is 32.0 Å². The van der Waals surface area contributed by atoms with E-state index in [1.165, 1.54) is 12.1 Å². The molecule has 2 unspecified atom stereocenters. The molecule has 160 valence electrons. The smallest absolute Gasteiger partial charge is 0.223 e. The molecule has 32 heavy (non-hydrogen) atoms. The molecule has 1 aromatic heterocycles. The van der Waals surface area contributed by atoms with E-state index in [-0.39, 0.29) is 23.9 Å². The molecule has 3 heterocycles. The maximum atomic E-state index is 13.6. The van der Waals surface area contributed by atoms with Crippen LogP contribution in [0.1, 0.15) is 48.8 Å². The minimum atomic E-state index is -0.257. The third-order valence-corrected chi connectivity index (χ3v) is 5.83. The molecule has 2 aliphatic rings. The molecule has 3 atom stereocenters. The summed E-state index contributed by atoms with van der Waals surface area (Å²) in [6, 6.07) is 18.4. The number of nitrogens with zero attached hydrogens (tertiary/aromatic N) is 4. The van der Waals surface area contributed by atoms with Gasteiger partial charge >= 0.3 is 0 Å². The molecule has 0 saturated heterocycles. The van der Waals surface area contributed by atoms with Gasteiger partial charge in [-0.3, -0.25) is 4.99 Å². The lowest BCUT2D eigenvalue weighted by molar-refractivity contribution is 0.386. The molecule has 6 heteroatoms. The first kappa shape index (κ1) is 20.1. The van der Waals surface area contributed by atoms with Crippen molar-refractivity contribution in [3.8, 4) is 0 Å². The van der Waals surface area contributed by atoms with Crippen molar-refractivity contribution in [3.63, 3.8) is 0 Å². The lowest BCUT2D eigenvalue weighted by Gasteiger charge is -2.28. The van der Waals surface area contributed by atoms with Crippen LogP contribution in [0.3, 0.4) is 0 Å². The van der Waals surface area contributed by atoms with E-state index < -0.39 is 0 Å². The molecule has 5 nitrogen and oxygen atoms in total. The van der Waals surface area contributed by atoms with E-state index in [0.717, 1.165) is 28.2 Å². The van der Waals surface area contributed by atoms with Crippen molar-refractivity contribution in [2.75, 3.05) is 5.32 Å². The minimum Gasteiger partial charge on any atom is -0.348 e. The Morgan fingerprint density at radius 2 is 1.81 bits per heavy atom. The molecular formula is C26H24FN5. The number of allylic oxidation sites excluding steroid dienone is 2. The van der Waals surface area contributed by atoms with E-state index in [0.29, 0.717) is 5.95 Å². The van der Waals surface area contributed by atoms with Crippen LogP contribution >= 0.6 is 0 Å². The topological polar surface area (TPSA) is 53.4 Å². The zero-order valence-corrected chi connectivity index (χ0v) is 18.0. The Balaban J connectivity index is 1.48. The van der Waals surface area contributed by atoms with Gasteiger partial charge in [0.2, 0.25) is 5.95 Å². The van der Waals surface area contributed by atoms with Crippen LogP contribution in [-0.2, 0) is 0 Å². The van der Waals surface area contributed by atoms with Crippen LogP contribution in [-0.4, -0.2) is 20.7 Å². The highest BCUT2D eigenvalue weighted by Gasteiger charge is 2.38. The first-order chi connectivity index (χ1) is 15.6. The SMILES string of the molecule is CC1=CC2=NC(c3ccc(F)cc3)C(c3ccnc(N[C@@H](C)c4ccccc4)n3)N2C=C1. The molecule has 2 aromatic carbocycles. The quantitative estimate of drug-likeness (QED) is 0.565.